The Bertz CT molecular complexity index is 734. The molecule has 132 valence electrons. The van der Waals surface area contributed by atoms with E-state index in [4.69, 9.17) is 4.74 Å². The molecule has 0 unspecified atom stereocenters. The number of halogens is 1. The molecule has 0 aliphatic rings. The molecule has 6 nitrogen and oxygen atoms in total. The van der Waals surface area contributed by atoms with E-state index < -0.39 is 6.10 Å². The Balaban J connectivity index is 1.80. The number of benzene rings is 2. The van der Waals surface area contributed by atoms with Gasteiger partial charge in [0.05, 0.1) is 0 Å². The van der Waals surface area contributed by atoms with Gasteiger partial charge in [-0.25, -0.2) is 4.39 Å². The van der Waals surface area contributed by atoms with Crippen molar-refractivity contribution in [2.75, 3.05) is 18.5 Å². The van der Waals surface area contributed by atoms with Crippen LogP contribution in [-0.4, -0.2) is 36.2 Å². The van der Waals surface area contributed by atoms with Crippen LogP contribution >= 0.6 is 0 Å². The standard InChI is InChI=1S/C18H19FN2O4/c1-12(22)21-15-4-2-3-13(9-15)18(24)20-10-16(23)11-25-17-7-5-14(19)6-8-17/h2-9,16,23H,10-11H2,1H3,(H,20,24)(H,21,22)/t16-/m1/s1. The molecule has 7 heteroatoms. The quantitative estimate of drug-likeness (QED) is 0.715. The predicted molar refractivity (Wildman–Crippen MR) is 91.0 cm³/mol. The number of rotatable bonds is 7. The van der Waals surface area contributed by atoms with Crippen LogP contribution in [0.3, 0.4) is 0 Å². The maximum absolute atomic E-state index is 12.8. The lowest BCUT2D eigenvalue weighted by Crippen LogP contribution is -2.35. The van der Waals surface area contributed by atoms with Crippen molar-refractivity contribution in [1.82, 2.24) is 5.32 Å². The van der Waals surface area contributed by atoms with Crippen LogP contribution in [0.4, 0.5) is 10.1 Å². The highest BCUT2D eigenvalue weighted by molar-refractivity contribution is 5.96. The Morgan fingerprint density at radius 3 is 2.60 bits per heavy atom. The minimum atomic E-state index is -0.924. The third-order valence-electron chi connectivity index (χ3n) is 3.20. The first kappa shape index (κ1) is 18.4. The molecule has 0 aromatic heterocycles. The number of hydrogen-bond donors (Lipinski definition) is 3. The normalized spacial score (nSPS) is 11.5. The van der Waals surface area contributed by atoms with Crippen LogP contribution in [0.2, 0.25) is 0 Å². The van der Waals surface area contributed by atoms with Gasteiger partial charge in [-0.05, 0) is 42.5 Å². The van der Waals surface area contributed by atoms with Gasteiger partial charge in [0, 0.05) is 24.7 Å². The summed E-state index contributed by atoms with van der Waals surface area (Å²) in [6.45, 7) is 1.33. The molecule has 25 heavy (non-hydrogen) atoms. The summed E-state index contributed by atoms with van der Waals surface area (Å²) in [6, 6.07) is 11.9. The lowest BCUT2D eigenvalue weighted by atomic mass is 10.2. The summed E-state index contributed by atoms with van der Waals surface area (Å²) in [7, 11) is 0. The number of amides is 2. The number of nitrogens with one attached hydrogen (secondary N) is 2. The highest BCUT2D eigenvalue weighted by Gasteiger charge is 2.10. The van der Waals surface area contributed by atoms with Gasteiger partial charge in [-0.1, -0.05) is 6.07 Å². The largest absolute Gasteiger partial charge is 0.491 e. The second-order valence-corrected chi connectivity index (χ2v) is 5.39. The van der Waals surface area contributed by atoms with Crippen molar-refractivity contribution in [3.05, 3.63) is 59.9 Å². The summed E-state index contributed by atoms with van der Waals surface area (Å²) >= 11 is 0. The SMILES string of the molecule is CC(=O)Nc1cccc(C(=O)NC[C@@H](O)COc2ccc(F)cc2)c1. The minimum Gasteiger partial charge on any atom is -0.491 e. The molecule has 3 N–H and O–H groups in total. The fraction of sp³-hybridized carbons (Fsp3) is 0.222. The van der Waals surface area contributed by atoms with E-state index in [1.807, 2.05) is 0 Å². The second kappa shape index (κ2) is 8.79. The molecular weight excluding hydrogens is 327 g/mol. The zero-order valence-corrected chi connectivity index (χ0v) is 13.7. The Morgan fingerprint density at radius 2 is 1.92 bits per heavy atom. The molecule has 0 aliphatic heterocycles. The smallest absolute Gasteiger partial charge is 0.251 e. The lowest BCUT2D eigenvalue weighted by Gasteiger charge is -2.13. The van der Waals surface area contributed by atoms with Gasteiger partial charge in [0.1, 0.15) is 24.3 Å². The number of aliphatic hydroxyl groups is 1. The van der Waals surface area contributed by atoms with Crippen LogP contribution in [0.1, 0.15) is 17.3 Å². The van der Waals surface area contributed by atoms with Crippen LogP contribution in [-0.2, 0) is 4.79 Å². The van der Waals surface area contributed by atoms with E-state index in [2.05, 4.69) is 10.6 Å². The van der Waals surface area contributed by atoms with Gasteiger partial charge in [0.15, 0.2) is 0 Å². The van der Waals surface area contributed by atoms with Crippen molar-refractivity contribution in [1.29, 1.82) is 0 Å². The van der Waals surface area contributed by atoms with E-state index in [0.29, 0.717) is 17.0 Å². The zero-order chi connectivity index (χ0) is 18.2. The van der Waals surface area contributed by atoms with Gasteiger partial charge < -0.3 is 20.5 Å². The molecule has 1 atom stereocenters. The van der Waals surface area contributed by atoms with Crippen LogP contribution in [0.25, 0.3) is 0 Å². The summed E-state index contributed by atoms with van der Waals surface area (Å²) in [6.07, 6.45) is -0.924. The van der Waals surface area contributed by atoms with Gasteiger partial charge in [-0.3, -0.25) is 9.59 Å². The molecule has 0 spiro atoms. The molecule has 0 radical (unpaired) electrons. The average Bonchev–Trinajstić information content (AvgIpc) is 2.59. The molecule has 0 bridgehead atoms. The number of anilines is 1. The molecular formula is C18H19FN2O4. The Kier molecular flexibility index (Phi) is 6.47. The highest BCUT2D eigenvalue weighted by Crippen LogP contribution is 2.12. The van der Waals surface area contributed by atoms with Gasteiger partial charge >= 0.3 is 0 Å². The first-order valence-corrected chi connectivity index (χ1v) is 7.66. The molecule has 0 saturated heterocycles. The number of ether oxygens (including phenoxy) is 1. The number of carbonyl (C=O) groups is 2. The van der Waals surface area contributed by atoms with Crippen LogP contribution in [0.15, 0.2) is 48.5 Å². The molecule has 2 rings (SSSR count). The monoisotopic (exact) mass is 346 g/mol. The molecule has 0 fully saturated rings. The van der Waals surface area contributed by atoms with Gasteiger partial charge in [0.2, 0.25) is 5.91 Å². The molecule has 2 aromatic rings. The van der Waals surface area contributed by atoms with Gasteiger partial charge in [-0.2, -0.15) is 0 Å². The van der Waals surface area contributed by atoms with E-state index in [1.165, 1.54) is 37.3 Å². The zero-order valence-electron chi connectivity index (χ0n) is 13.7. The minimum absolute atomic E-state index is 0.00953. The fourth-order valence-corrected chi connectivity index (χ4v) is 2.04. The first-order chi connectivity index (χ1) is 11.9. The van der Waals surface area contributed by atoms with E-state index in [9.17, 15) is 19.1 Å². The summed E-state index contributed by atoms with van der Waals surface area (Å²) < 4.78 is 18.1. The van der Waals surface area contributed by atoms with Crippen LogP contribution in [0, 0.1) is 5.82 Å². The van der Waals surface area contributed by atoms with Crippen molar-refractivity contribution in [3.8, 4) is 5.75 Å². The second-order valence-electron chi connectivity index (χ2n) is 5.39. The average molecular weight is 346 g/mol. The number of hydrogen-bond acceptors (Lipinski definition) is 4. The third kappa shape index (κ3) is 6.23. The van der Waals surface area contributed by atoms with Crippen molar-refractivity contribution >= 4 is 17.5 Å². The maximum atomic E-state index is 12.8. The molecule has 0 heterocycles. The van der Waals surface area contributed by atoms with Crippen LogP contribution in [0.5, 0.6) is 5.75 Å². The summed E-state index contributed by atoms with van der Waals surface area (Å²) in [5, 5.41) is 15.0. The third-order valence-corrected chi connectivity index (χ3v) is 3.20. The molecule has 2 aromatic carbocycles. The van der Waals surface area contributed by atoms with Crippen molar-refractivity contribution in [2.24, 2.45) is 0 Å². The van der Waals surface area contributed by atoms with Gasteiger partial charge in [-0.15, -0.1) is 0 Å². The van der Waals surface area contributed by atoms with Crippen molar-refractivity contribution < 1.29 is 23.8 Å². The Hall–Kier alpha value is -2.93. The number of aliphatic hydroxyl groups excluding tert-OH is 1. The lowest BCUT2D eigenvalue weighted by molar-refractivity contribution is -0.114. The van der Waals surface area contributed by atoms with Gasteiger partial charge in [0.25, 0.3) is 5.91 Å². The maximum Gasteiger partial charge on any atom is 0.251 e. The molecule has 0 saturated carbocycles. The van der Waals surface area contributed by atoms with E-state index in [-0.39, 0.29) is 30.8 Å². The fourth-order valence-electron chi connectivity index (χ4n) is 2.04. The molecule has 0 aliphatic carbocycles. The summed E-state index contributed by atoms with van der Waals surface area (Å²) in [4.78, 5) is 23.1. The van der Waals surface area contributed by atoms with E-state index in [0.717, 1.165) is 0 Å². The topological polar surface area (TPSA) is 87.7 Å². The highest BCUT2D eigenvalue weighted by atomic mass is 19.1. The summed E-state index contributed by atoms with van der Waals surface area (Å²) in [5.41, 5.74) is 0.873. The summed E-state index contributed by atoms with van der Waals surface area (Å²) in [5.74, 6) is -0.560. The van der Waals surface area contributed by atoms with E-state index in [1.54, 1.807) is 18.2 Å². The van der Waals surface area contributed by atoms with Crippen molar-refractivity contribution in [2.45, 2.75) is 13.0 Å². The molecule has 2 amide bonds. The number of carbonyl (C=O) groups excluding carboxylic acids is 2. The predicted octanol–water partition coefficient (Wildman–Crippen LogP) is 1.95. The Morgan fingerprint density at radius 1 is 1.20 bits per heavy atom. The van der Waals surface area contributed by atoms with E-state index >= 15 is 0 Å². The Labute approximate surface area is 144 Å². The first-order valence-electron chi connectivity index (χ1n) is 7.66. The van der Waals surface area contributed by atoms with Crippen molar-refractivity contribution in [3.63, 3.8) is 0 Å². The van der Waals surface area contributed by atoms with Crippen LogP contribution < -0.4 is 15.4 Å².